The van der Waals surface area contributed by atoms with E-state index >= 15 is 0 Å². The lowest BCUT2D eigenvalue weighted by molar-refractivity contribution is -0.384. The van der Waals surface area contributed by atoms with E-state index in [1.807, 2.05) is 0 Å². The van der Waals surface area contributed by atoms with Gasteiger partial charge in [-0.25, -0.2) is 8.42 Å². The number of benzene rings is 1. The zero-order chi connectivity index (χ0) is 18.0. The van der Waals surface area contributed by atoms with Crippen LogP contribution in [0.2, 0.25) is 0 Å². The van der Waals surface area contributed by atoms with Crippen LogP contribution in [0.15, 0.2) is 24.3 Å². The lowest BCUT2D eigenvalue weighted by Crippen LogP contribution is -2.57. The number of nitro groups is 1. The third-order valence-corrected chi connectivity index (χ3v) is 6.48. The van der Waals surface area contributed by atoms with Gasteiger partial charge in [-0.3, -0.25) is 14.9 Å². The fourth-order valence-corrected chi connectivity index (χ4v) is 4.26. The Morgan fingerprint density at radius 3 is 2.54 bits per heavy atom. The van der Waals surface area contributed by atoms with Crippen molar-refractivity contribution in [2.75, 3.05) is 19.3 Å². The van der Waals surface area contributed by atoms with Gasteiger partial charge >= 0.3 is 0 Å². The summed E-state index contributed by atoms with van der Waals surface area (Å²) in [6.07, 6.45) is 1.49. The average Bonchev–Trinajstić information content (AvgIpc) is 2.54. The minimum atomic E-state index is -3.60. The van der Waals surface area contributed by atoms with Crippen LogP contribution in [0.5, 0.6) is 0 Å². The fourth-order valence-electron chi connectivity index (χ4n) is 2.92. The van der Waals surface area contributed by atoms with Gasteiger partial charge in [-0.15, -0.1) is 0 Å². The first-order valence-corrected chi connectivity index (χ1v) is 9.52. The molecule has 0 radical (unpaired) electrons. The Labute approximate surface area is 140 Å². The van der Waals surface area contributed by atoms with Crippen LogP contribution in [0.1, 0.15) is 31.4 Å². The molecule has 0 bridgehead atoms. The van der Waals surface area contributed by atoms with Gasteiger partial charge in [0.05, 0.1) is 11.0 Å². The number of nitro benzene ring substituents is 1. The normalized spacial score (nSPS) is 18.6. The molecule has 1 aliphatic heterocycles. The number of amides is 1. The summed E-state index contributed by atoms with van der Waals surface area (Å²) < 4.78 is 23.0. The quantitative estimate of drug-likeness (QED) is 0.599. The summed E-state index contributed by atoms with van der Waals surface area (Å²) in [5, 5.41) is 16.6. The number of carbonyl (C=O) groups excluding carboxylic acids is 1. The Kier molecular flexibility index (Phi) is 5.24. The third kappa shape index (κ3) is 3.57. The molecule has 0 aromatic heterocycles. The minimum Gasteiger partial charge on any atom is -0.348 e. The van der Waals surface area contributed by atoms with E-state index in [4.69, 9.17) is 0 Å². The van der Waals surface area contributed by atoms with Crippen LogP contribution >= 0.6 is 0 Å². The molecule has 1 amide bonds. The highest BCUT2D eigenvalue weighted by Crippen LogP contribution is 2.29. The van der Waals surface area contributed by atoms with Gasteiger partial charge in [-0.2, -0.15) is 0 Å². The van der Waals surface area contributed by atoms with E-state index in [1.165, 1.54) is 18.2 Å². The zero-order valence-corrected chi connectivity index (χ0v) is 14.4. The predicted octanol–water partition coefficient (Wildman–Crippen LogP) is 0.939. The Bertz CT molecular complexity index is 741. The Morgan fingerprint density at radius 2 is 2.00 bits per heavy atom. The molecule has 1 aromatic carbocycles. The first-order chi connectivity index (χ1) is 11.2. The number of non-ortho nitro benzene ring substituents is 1. The lowest BCUT2D eigenvalue weighted by atomic mass is 9.95. The van der Waals surface area contributed by atoms with Crippen molar-refractivity contribution in [1.29, 1.82) is 0 Å². The minimum absolute atomic E-state index is 0.0757. The zero-order valence-electron chi connectivity index (χ0n) is 13.6. The first kappa shape index (κ1) is 18.3. The standard InChI is InChI=1S/C15H21N3O5S/c1-11(12-4-3-5-13(10-12)18(20)21)17-14(19)15(24(2,22)23)6-8-16-9-7-15/h3-5,10-11,16H,6-9H2,1-2H3,(H,17,19). The molecule has 1 unspecified atom stereocenters. The summed E-state index contributed by atoms with van der Waals surface area (Å²) >= 11 is 0. The summed E-state index contributed by atoms with van der Waals surface area (Å²) in [5.41, 5.74) is 0.475. The van der Waals surface area contributed by atoms with E-state index < -0.39 is 31.5 Å². The predicted molar refractivity (Wildman–Crippen MR) is 89.3 cm³/mol. The molecule has 1 aromatic rings. The summed E-state index contributed by atoms with van der Waals surface area (Å²) in [6.45, 7) is 2.57. The van der Waals surface area contributed by atoms with E-state index in [0.29, 0.717) is 18.7 Å². The van der Waals surface area contributed by atoms with E-state index in [9.17, 15) is 23.3 Å². The number of hydrogen-bond acceptors (Lipinski definition) is 6. The molecule has 1 saturated heterocycles. The number of carbonyl (C=O) groups is 1. The second kappa shape index (κ2) is 6.86. The average molecular weight is 355 g/mol. The third-order valence-electron chi connectivity index (χ3n) is 4.46. The topological polar surface area (TPSA) is 118 Å². The number of nitrogens with one attached hydrogen (secondary N) is 2. The fraction of sp³-hybridized carbons (Fsp3) is 0.533. The molecule has 1 fully saturated rings. The molecule has 0 spiro atoms. The second-order valence-electron chi connectivity index (χ2n) is 6.06. The van der Waals surface area contributed by atoms with Crippen molar-refractivity contribution in [3.63, 3.8) is 0 Å². The largest absolute Gasteiger partial charge is 0.348 e. The van der Waals surface area contributed by atoms with Crippen molar-refractivity contribution in [1.82, 2.24) is 10.6 Å². The molecule has 9 heteroatoms. The van der Waals surface area contributed by atoms with Crippen LogP contribution in [0.25, 0.3) is 0 Å². The Morgan fingerprint density at radius 1 is 1.38 bits per heavy atom. The number of sulfone groups is 1. The molecule has 0 aliphatic carbocycles. The number of rotatable bonds is 5. The number of nitrogens with zero attached hydrogens (tertiary/aromatic N) is 1. The smallest absolute Gasteiger partial charge is 0.269 e. The van der Waals surface area contributed by atoms with Gasteiger partial charge in [0.15, 0.2) is 14.6 Å². The maximum atomic E-state index is 12.7. The lowest BCUT2D eigenvalue weighted by Gasteiger charge is -2.35. The van der Waals surface area contributed by atoms with E-state index in [-0.39, 0.29) is 18.5 Å². The highest BCUT2D eigenvalue weighted by molar-refractivity contribution is 7.92. The van der Waals surface area contributed by atoms with Gasteiger partial charge in [-0.05, 0) is 38.4 Å². The van der Waals surface area contributed by atoms with Crippen LogP contribution < -0.4 is 10.6 Å². The van der Waals surface area contributed by atoms with Gasteiger partial charge in [0.2, 0.25) is 5.91 Å². The van der Waals surface area contributed by atoms with Gasteiger partial charge in [-0.1, -0.05) is 12.1 Å². The Balaban J connectivity index is 2.24. The van der Waals surface area contributed by atoms with E-state index in [1.54, 1.807) is 13.0 Å². The van der Waals surface area contributed by atoms with Crippen molar-refractivity contribution in [2.24, 2.45) is 0 Å². The molecule has 24 heavy (non-hydrogen) atoms. The van der Waals surface area contributed by atoms with Crippen molar-refractivity contribution in [3.05, 3.63) is 39.9 Å². The van der Waals surface area contributed by atoms with Gasteiger partial charge in [0, 0.05) is 18.4 Å². The SMILES string of the molecule is CC(NC(=O)C1(S(C)(=O)=O)CCNCC1)c1cccc([N+](=O)[O-])c1. The van der Waals surface area contributed by atoms with Crippen LogP contribution in [-0.4, -0.2) is 43.3 Å². The molecule has 2 rings (SSSR count). The summed E-state index contributed by atoms with van der Waals surface area (Å²) in [4.78, 5) is 23.1. The molecule has 1 atom stereocenters. The molecule has 2 N–H and O–H groups in total. The number of hydrogen-bond donors (Lipinski definition) is 2. The van der Waals surface area contributed by atoms with Crippen molar-refractivity contribution >= 4 is 21.4 Å². The van der Waals surface area contributed by atoms with E-state index in [2.05, 4.69) is 10.6 Å². The maximum Gasteiger partial charge on any atom is 0.269 e. The summed E-state index contributed by atoms with van der Waals surface area (Å²) in [7, 11) is -3.60. The maximum absolute atomic E-state index is 12.7. The van der Waals surface area contributed by atoms with E-state index in [0.717, 1.165) is 6.26 Å². The van der Waals surface area contributed by atoms with Crippen LogP contribution in [0, 0.1) is 10.1 Å². The molecule has 0 saturated carbocycles. The van der Waals surface area contributed by atoms with Crippen LogP contribution in [-0.2, 0) is 14.6 Å². The van der Waals surface area contributed by atoms with Gasteiger partial charge in [0.25, 0.3) is 5.69 Å². The molecule has 1 aliphatic rings. The monoisotopic (exact) mass is 355 g/mol. The highest BCUT2D eigenvalue weighted by atomic mass is 32.2. The summed E-state index contributed by atoms with van der Waals surface area (Å²) in [5.74, 6) is -0.550. The Hall–Kier alpha value is -2.00. The van der Waals surface area contributed by atoms with Crippen LogP contribution in [0.4, 0.5) is 5.69 Å². The van der Waals surface area contributed by atoms with Crippen molar-refractivity contribution < 1.29 is 18.1 Å². The van der Waals surface area contributed by atoms with Gasteiger partial charge in [0.1, 0.15) is 0 Å². The second-order valence-corrected chi connectivity index (χ2v) is 8.39. The molecule has 132 valence electrons. The van der Waals surface area contributed by atoms with Crippen molar-refractivity contribution in [3.8, 4) is 0 Å². The molecular weight excluding hydrogens is 334 g/mol. The van der Waals surface area contributed by atoms with Gasteiger partial charge < -0.3 is 10.6 Å². The molecule has 8 nitrogen and oxygen atoms in total. The molecule has 1 heterocycles. The van der Waals surface area contributed by atoms with Crippen LogP contribution in [0.3, 0.4) is 0 Å². The highest BCUT2D eigenvalue weighted by Gasteiger charge is 2.48. The summed E-state index contributed by atoms with van der Waals surface area (Å²) in [6, 6.07) is 5.40. The molecular formula is C15H21N3O5S. The van der Waals surface area contributed by atoms with Crippen molar-refractivity contribution in [2.45, 2.75) is 30.6 Å². The first-order valence-electron chi connectivity index (χ1n) is 7.63. The number of piperidine rings is 1.